The molecule has 0 spiro atoms. The van der Waals surface area contributed by atoms with Crippen LogP contribution in [0.15, 0.2) is 24.3 Å². The molecule has 0 saturated heterocycles. The molecule has 0 heterocycles. The summed E-state index contributed by atoms with van der Waals surface area (Å²) >= 11 is 0. The zero-order chi connectivity index (χ0) is 17.5. The average Bonchev–Trinajstić information content (AvgIpc) is 2.50. The molecule has 1 unspecified atom stereocenters. The Hall–Kier alpha value is -1.79. The van der Waals surface area contributed by atoms with Crippen molar-refractivity contribution in [3.05, 3.63) is 29.8 Å². The second-order valence-electron chi connectivity index (χ2n) is 6.53. The van der Waals surface area contributed by atoms with E-state index in [1.165, 1.54) is 5.56 Å². The topological polar surface area (TPSA) is 93.5 Å². The third-order valence-corrected chi connectivity index (χ3v) is 3.26. The van der Waals surface area contributed by atoms with Crippen LogP contribution in [0.2, 0.25) is 0 Å². The molecule has 0 radical (unpaired) electrons. The highest BCUT2D eigenvalue weighted by Crippen LogP contribution is 2.24. The van der Waals surface area contributed by atoms with Crippen LogP contribution < -0.4 is 21.1 Å². The lowest BCUT2D eigenvalue weighted by molar-refractivity contribution is -0.125. The Balaban J connectivity index is 0.00000529. The van der Waals surface area contributed by atoms with E-state index in [9.17, 15) is 9.59 Å². The summed E-state index contributed by atoms with van der Waals surface area (Å²) in [6.45, 7) is 8.45. The largest absolute Gasteiger partial charge is 0.491 e. The zero-order valence-electron chi connectivity index (χ0n) is 14.7. The molecule has 2 amide bonds. The molecule has 0 bridgehead atoms. The van der Waals surface area contributed by atoms with Crippen LogP contribution >= 0.6 is 12.4 Å². The van der Waals surface area contributed by atoms with Gasteiger partial charge in [-0.15, -0.1) is 12.4 Å². The summed E-state index contributed by atoms with van der Waals surface area (Å²) in [5, 5.41) is 5.16. The molecule has 0 aliphatic carbocycles. The van der Waals surface area contributed by atoms with Crippen LogP contribution in [0.4, 0.5) is 0 Å². The molecule has 0 aliphatic rings. The molecule has 1 aromatic carbocycles. The highest BCUT2D eigenvalue weighted by molar-refractivity contribution is 5.85. The number of benzene rings is 1. The highest BCUT2D eigenvalue weighted by Gasteiger charge is 2.13. The number of nitrogens with one attached hydrogen (secondary N) is 2. The lowest BCUT2D eigenvalue weighted by Crippen LogP contribution is -2.44. The maximum Gasteiger partial charge on any atom is 0.239 e. The number of ether oxygens (including phenoxy) is 1. The number of amides is 2. The average molecular weight is 358 g/mol. The fraction of sp³-hybridized carbons (Fsp3) is 0.529. The van der Waals surface area contributed by atoms with Gasteiger partial charge in [-0.05, 0) is 30.0 Å². The molecule has 1 aromatic rings. The molecule has 7 heteroatoms. The minimum absolute atomic E-state index is 0. The predicted molar refractivity (Wildman–Crippen MR) is 97.6 cm³/mol. The second-order valence-corrected chi connectivity index (χ2v) is 6.53. The molecule has 0 fully saturated rings. The summed E-state index contributed by atoms with van der Waals surface area (Å²) < 4.78 is 5.66. The second kappa shape index (κ2) is 10.2. The Bertz CT molecular complexity index is 527. The van der Waals surface area contributed by atoms with E-state index in [0.717, 1.165) is 5.75 Å². The van der Waals surface area contributed by atoms with Crippen LogP contribution in [0.25, 0.3) is 0 Å². The predicted octanol–water partition coefficient (Wildman–Crippen LogP) is 1.36. The van der Waals surface area contributed by atoms with E-state index in [4.69, 9.17) is 10.5 Å². The first-order chi connectivity index (χ1) is 10.7. The van der Waals surface area contributed by atoms with Gasteiger partial charge in [0.05, 0.1) is 19.1 Å². The molecule has 0 aliphatic heterocycles. The first-order valence-corrected chi connectivity index (χ1v) is 7.72. The number of carbonyl (C=O) groups excluding carboxylic acids is 2. The standard InChI is InChI=1S/C17H27N3O3.ClH/c1-12(20-16(22)10-19-15(21)9-18)11-23-14-7-5-13(6-8-14)17(2,3)4;/h5-8,12H,9-11,18H2,1-4H3,(H,19,21)(H,20,22);1H. The Kier molecular flexibility index (Phi) is 9.40. The van der Waals surface area contributed by atoms with Gasteiger partial charge in [0, 0.05) is 0 Å². The number of hydrogen-bond donors (Lipinski definition) is 3. The van der Waals surface area contributed by atoms with Crippen molar-refractivity contribution in [3.63, 3.8) is 0 Å². The first-order valence-electron chi connectivity index (χ1n) is 7.72. The normalized spacial score (nSPS) is 11.9. The van der Waals surface area contributed by atoms with Crippen LogP contribution in [0, 0.1) is 0 Å². The van der Waals surface area contributed by atoms with Crippen LogP contribution in [-0.2, 0) is 15.0 Å². The van der Waals surface area contributed by atoms with Gasteiger partial charge in [0.2, 0.25) is 11.8 Å². The van der Waals surface area contributed by atoms with Gasteiger partial charge in [-0.25, -0.2) is 0 Å². The summed E-state index contributed by atoms with van der Waals surface area (Å²) in [4.78, 5) is 22.6. The van der Waals surface area contributed by atoms with Gasteiger partial charge in [-0.2, -0.15) is 0 Å². The molecule has 1 rings (SSSR count). The van der Waals surface area contributed by atoms with Gasteiger partial charge in [-0.1, -0.05) is 32.9 Å². The minimum atomic E-state index is -0.358. The van der Waals surface area contributed by atoms with Crippen molar-refractivity contribution < 1.29 is 14.3 Å². The molecule has 1 atom stereocenters. The summed E-state index contributed by atoms with van der Waals surface area (Å²) in [5.41, 5.74) is 6.49. The van der Waals surface area contributed by atoms with Gasteiger partial charge in [0.15, 0.2) is 0 Å². The van der Waals surface area contributed by atoms with Crippen molar-refractivity contribution in [2.45, 2.75) is 39.2 Å². The maximum absolute atomic E-state index is 11.6. The smallest absolute Gasteiger partial charge is 0.239 e. The van der Waals surface area contributed by atoms with Crippen molar-refractivity contribution in [1.82, 2.24) is 10.6 Å². The summed E-state index contributed by atoms with van der Waals surface area (Å²) in [5.74, 6) is 0.129. The quantitative estimate of drug-likeness (QED) is 0.687. The SMILES string of the molecule is CC(COc1ccc(C(C)(C)C)cc1)NC(=O)CNC(=O)CN.Cl. The molecule has 24 heavy (non-hydrogen) atoms. The molecule has 136 valence electrons. The van der Waals surface area contributed by atoms with E-state index in [2.05, 4.69) is 31.4 Å². The monoisotopic (exact) mass is 357 g/mol. The lowest BCUT2D eigenvalue weighted by atomic mass is 9.87. The van der Waals surface area contributed by atoms with E-state index >= 15 is 0 Å². The van der Waals surface area contributed by atoms with Gasteiger partial charge in [0.1, 0.15) is 12.4 Å². The van der Waals surface area contributed by atoms with Crippen molar-refractivity contribution in [2.75, 3.05) is 19.7 Å². The lowest BCUT2D eigenvalue weighted by Gasteiger charge is -2.20. The molecular weight excluding hydrogens is 330 g/mol. The van der Waals surface area contributed by atoms with Gasteiger partial charge in [0.25, 0.3) is 0 Å². The van der Waals surface area contributed by atoms with E-state index in [1.807, 2.05) is 31.2 Å². The Morgan fingerprint density at radius 1 is 1.17 bits per heavy atom. The third-order valence-electron chi connectivity index (χ3n) is 3.26. The van der Waals surface area contributed by atoms with Gasteiger partial charge in [-0.3, -0.25) is 9.59 Å². The Labute approximate surface area is 149 Å². The van der Waals surface area contributed by atoms with E-state index in [-0.39, 0.29) is 48.8 Å². The molecule has 0 aromatic heterocycles. The fourth-order valence-electron chi connectivity index (χ4n) is 1.89. The highest BCUT2D eigenvalue weighted by atomic mass is 35.5. The first kappa shape index (κ1) is 22.2. The van der Waals surface area contributed by atoms with Crippen LogP contribution in [0.5, 0.6) is 5.75 Å². The zero-order valence-corrected chi connectivity index (χ0v) is 15.5. The number of rotatable bonds is 7. The molecular formula is C17H28ClN3O3. The number of hydrogen-bond acceptors (Lipinski definition) is 4. The minimum Gasteiger partial charge on any atom is -0.491 e. The fourth-order valence-corrected chi connectivity index (χ4v) is 1.89. The Morgan fingerprint density at radius 3 is 2.25 bits per heavy atom. The Morgan fingerprint density at radius 2 is 1.75 bits per heavy atom. The summed E-state index contributed by atoms with van der Waals surface area (Å²) in [6.07, 6.45) is 0. The van der Waals surface area contributed by atoms with E-state index in [1.54, 1.807) is 0 Å². The van der Waals surface area contributed by atoms with Crippen molar-refractivity contribution in [1.29, 1.82) is 0 Å². The van der Waals surface area contributed by atoms with Crippen molar-refractivity contribution >= 4 is 24.2 Å². The van der Waals surface area contributed by atoms with Crippen LogP contribution in [-0.4, -0.2) is 37.6 Å². The van der Waals surface area contributed by atoms with E-state index < -0.39 is 0 Å². The van der Waals surface area contributed by atoms with Crippen LogP contribution in [0.1, 0.15) is 33.3 Å². The molecule has 6 nitrogen and oxygen atoms in total. The number of nitrogens with two attached hydrogens (primary N) is 1. The van der Waals surface area contributed by atoms with Crippen LogP contribution in [0.3, 0.4) is 0 Å². The number of carbonyl (C=O) groups is 2. The maximum atomic E-state index is 11.6. The van der Waals surface area contributed by atoms with Crippen molar-refractivity contribution in [2.24, 2.45) is 5.73 Å². The van der Waals surface area contributed by atoms with Crippen molar-refractivity contribution in [3.8, 4) is 5.75 Å². The van der Waals surface area contributed by atoms with E-state index in [0.29, 0.717) is 6.61 Å². The van der Waals surface area contributed by atoms with Gasteiger partial charge < -0.3 is 21.1 Å². The van der Waals surface area contributed by atoms with Gasteiger partial charge >= 0.3 is 0 Å². The molecule has 4 N–H and O–H groups in total. The molecule has 0 saturated carbocycles. The number of halogens is 1. The summed E-state index contributed by atoms with van der Waals surface area (Å²) in [6, 6.07) is 7.77. The third kappa shape index (κ3) is 8.17. The summed E-state index contributed by atoms with van der Waals surface area (Å²) in [7, 11) is 0.